The van der Waals surface area contributed by atoms with Crippen molar-refractivity contribution >= 4 is 44.1 Å². The number of rotatable bonds is 5. The van der Waals surface area contributed by atoms with E-state index in [-0.39, 0.29) is 5.97 Å². The van der Waals surface area contributed by atoms with Crippen LogP contribution in [-0.4, -0.2) is 17.7 Å². The topological polar surface area (TPSA) is 43.3 Å². The number of hydrogen-bond donors (Lipinski definition) is 0. The standard InChI is InChI=1S/C33H29N2O2/c1-4-5-18-37-33(36)30-27-14-9-13-24(23-11-8-10-21(2)19-23)31(27)34-35-29-15-7-6-12-25(29)28-20-22(3)16-17-26(28)32(30)35/h6-17,19-20H,4-5,18H2,1-3H3/q+1. The maximum atomic E-state index is 13.8. The third-order valence-corrected chi connectivity index (χ3v) is 7.07. The number of hydrogen-bond acceptors (Lipinski definition) is 3. The minimum absolute atomic E-state index is 0.308. The van der Waals surface area contributed by atoms with Crippen LogP contribution in [0.3, 0.4) is 0 Å². The van der Waals surface area contributed by atoms with Gasteiger partial charge in [0.05, 0.1) is 17.4 Å². The number of aryl methyl sites for hydroxylation is 2. The van der Waals surface area contributed by atoms with E-state index in [2.05, 4.69) is 87.5 Å². The summed E-state index contributed by atoms with van der Waals surface area (Å²) in [4.78, 5) is 13.8. The summed E-state index contributed by atoms with van der Waals surface area (Å²) < 4.78 is 7.80. The van der Waals surface area contributed by atoms with Crippen LogP contribution in [0.5, 0.6) is 0 Å². The van der Waals surface area contributed by atoms with Gasteiger partial charge in [-0.1, -0.05) is 91.2 Å². The van der Waals surface area contributed by atoms with Crippen LogP contribution in [0, 0.1) is 13.8 Å². The predicted molar refractivity (Wildman–Crippen MR) is 150 cm³/mol. The Hall–Kier alpha value is -4.31. The summed E-state index contributed by atoms with van der Waals surface area (Å²) in [6.07, 6.45) is 1.79. The molecule has 2 heterocycles. The van der Waals surface area contributed by atoms with Gasteiger partial charge in [-0.2, -0.15) is 0 Å². The molecular weight excluding hydrogens is 456 g/mol. The molecule has 0 aliphatic carbocycles. The number of unbranched alkanes of at least 4 members (excludes halogenated alkanes) is 1. The molecule has 0 radical (unpaired) electrons. The molecule has 0 atom stereocenters. The zero-order valence-electron chi connectivity index (χ0n) is 21.4. The first kappa shape index (κ1) is 23.1. The van der Waals surface area contributed by atoms with E-state index in [1.54, 1.807) is 0 Å². The molecule has 0 fully saturated rings. The molecule has 0 saturated heterocycles. The molecule has 6 rings (SSSR count). The molecule has 4 heteroatoms. The van der Waals surface area contributed by atoms with E-state index in [0.29, 0.717) is 12.2 Å². The van der Waals surface area contributed by atoms with Crippen molar-refractivity contribution in [2.24, 2.45) is 0 Å². The number of nitrogens with zero attached hydrogens (tertiary/aromatic N) is 2. The van der Waals surface area contributed by atoms with Gasteiger partial charge >= 0.3 is 5.97 Å². The lowest BCUT2D eigenvalue weighted by Gasteiger charge is -2.12. The van der Waals surface area contributed by atoms with Crippen LogP contribution in [0.15, 0.2) is 84.9 Å². The molecule has 6 aromatic rings. The van der Waals surface area contributed by atoms with Crippen LogP contribution in [0.1, 0.15) is 41.3 Å². The largest absolute Gasteiger partial charge is 0.462 e. The highest BCUT2D eigenvalue weighted by atomic mass is 16.5. The average molecular weight is 486 g/mol. The van der Waals surface area contributed by atoms with Gasteiger partial charge in [0.15, 0.2) is 0 Å². The molecule has 4 nitrogen and oxygen atoms in total. The molecule has 0 N–H and O–H groups in total. The Morgan fingerprint density at radius 3 is 2.43 bits per heavy atom. The molecule has 0 saturated carbocycles. The fourth-order valence-electron chi connectivity index (χ4n) is 5.27. The van der Waals surface area contributed by atoms with Crippen molar-refractivity contribution in [3.63, 3.8) is 0 Å². The van der Waals surface area contributed by atoms with Crippen molar-refractivity contribution in [3.8, 4) is 11.1 Å². The van der Waals surface area contributed by atoms with E-state index in [1.807, 2.05) is 22.7 Å². The van der Waals surface area contributed by atoms with Crippen LogP contribution in [0.2, 0.25) is 0 Å². The van der Waals surface area contributed by atoms with E-state index in [9.17, 15) is 4.79 Å². The molecule has 4 aromatic carbocycles. The fourth-order valence-corrected chi connectivity index (χ4v) is 5.27. The Morgan fingerprint density at radius 1 is 0.811 bits per heavy atom. The predicted octanol–water partition coefficient (Wildman–Crippen LogP) is 7.52. The minimum atomic E-state index is -0.308. The molecule has 0 unspecified atom stereocenters. The molecule has 182 valence electrons. The monoisotopic (exact) mass is 485 g/mol. The van der Waals surface area contributed by atoms with Gasteiger partial charge in [0.25, 0.3) is 5.52 Å². The van der Waals surface area contributed by atoms with Crippen LogP contribution >= 0.6 is 0 Å². The van der Waals surface area contributed by atoms with Gasteiger partial charge in [-0.25, -0.2) is 4.79 Å². The SMILES string of the molecule is CCCCOC(=O)c1c2cccc(-c3cccc(C)c3)c2n[n+]2c3ccccc3c3cc(C)ccc3c12. The van der Waals surface area contributed by atoms with Crippen molar-refractivity contribution in [1.82, 2.24) is 5.10 Å². The highest BCUT2D eigenvalue weighted by Crippen LogP contribution is 2.34. The molecule has 0 spiro atoms. The van der Waals surface area contributed by atoms with Crippen molar-refractivity contribution in [3.05, 3.63) is 102 Å². The van der Waals surface area contributed by atoms with Crippen LogP contribution in [0.25, 0.3) is 49.2 Å². The van der Waals surface area contributed by atoms with E-state index in [4.69, 9.17) is 9.84 Å². The zero-order chi connectivity index (χ0) is 25.5. The van der Waals surface area contributed by atoms with Gasteiger partial charge in [-0.15, -0.1) is 0 Å². The van der Waals surface area contributed by atoms with Crippen molar-refractivity contribution in [2.45, 2.75) is 33.6 Å². The van der Waals surface area contributed by atoms with E-state index >= 15 is 0 Å². The number of aromatic nitrogens is 2. The normalized spacial score (nSPS) is 11.5. The Balaban J connectivity index is 1.81. The van der Waals surface area contributed by atoms with Gasteiger partial charge in [-0.3, -0.25) is 0 Å². The molecule has 2 aromatic heterocycles. The van der Waals surface area contributed by atoms with Gasteiger partial charge in [-0.05, 0) is 42.5 Å². The number of benzene rings is 4. The molecular formula is C33H29N2O2+. The van der Waals surface area contributed by atoms with Crippen molar-refractivity contribution in [2.75, 3.05) is 6.61 Å². The first-order valence-corrected chi connectivity index (χ1v) is 12.9. The highest BCUT2D eigenvalue weighted by molar-refractivity contribution is 6.19. The lowest BCUT2D eigenvalue weighted by molar-refractivity contribution is -0.548. The smallest absolute Gasteiger partial charge is 0.345 e. The molecule has 0 bridgehead atoms. The number of ether oxygens (including phenoxy) is 1. The fraction of sp³-hybridized carbons (Fsp3) is 0.182. The number of pyridine rings is 1. The third kappa shape index (κ3) is 3.89. The van der Waals surface area contributed by atoms with Gasteiger partial charge < -0.3 is 4.74 Å². The summed E-state index contributed by atoms with van der Waals surface area (Å²) in [5, 5.41) is 9.23. The maximum absolute atomic E-state index is 13.8. The van der Waals surface area contributed by atoms with E-state index < -0.39 is 0 Å². The quantitative estimate of drug-likeness (QED) is 0.0834. The summed E-state index contributed by atoms with van der Waals surface area (Å²) in [6.45, 7) is 6.67. The Labute approximate surface area is 216 Å². The first-order chi connectivity index (χ1) is 18.1. The Morgan fingerprint density at radius 2 is 1.59 bits per heavy atom. The highest BCUT2D eigenvalue weighted by Gasteiger charge is 2.29. The van der Waals surface area contributed by atoms with Crippen molar-refractivity contribution < 1.29 is 14.0 Å². The van der Waals surface area contributed by atoms with Crippen molar-refractivity contribution in [1.29, 1.82) is 0 Å². The van der Waals surface area contributed by atoms with Gasteiger partial charge in [0, 0.05) is 27.5 Å². The number of fused-ring (bicyclic) bond motifs is 7. The Kier molecular flexibility index (Phi) is 5.80. The summed E-state index contributed by atoms with van der Waals surface area (Å²) >= 11 is 0. The Bertz CT molecular complexity index is 1840. The van der Waals surface area contributed by atoms with Crippen LogP contribution in [0.4, 0.5) is 0 Å². The van der Waals surface area contributed by atoms with Crippen LogP contribution < -0.4 is 4.52 Å². The maximum Gasteiger partial charge on any atom is 0.345 e. The number of esters is 1. The molecule has 0 aliphatic rings. The average Bonchev–Trinajstić information content (AvgIpc) is 2.91. The molecule has 0 aliphatic heterocycles. The molecule has 0 amide bonds. The van der Waals surface area contributed by atoms with E-state index in [1.165, 1.54) is 11.1 Å². The third-order valence-electron chi connectivity index (χ3n) is 7.07. The second-order valence-corrected chi connectivity index (χ2v) is 9.76. The number of carbonyl (C=O) groups is 1. The van der Waals surface area contributed by atoms with Gasteiger partial charge in [0.1, 0.15) is 11.1 Å². The molecule has 37 heavy (non-hydrogen) atoms. The summed E-state index contributed by atoms with van der Waals surface area (Å²) in [7, 11) is 0. The second kappa shape index (κ2) is 9.29. The van der Waals surface area contributed by atoms with E-state index in [0.717, 1.165) is 62.1 Å². The lowest BCUT2D eigenvalue weighted by atomic mass is 9.96. The second-order valence-electron chi connectivity index (χ2n) is 9.76. The first-order valence-electron chi connectivity index (χ1n) is 12.9. The van der Waals surface area contributed by atoms with Crippen LogP contribution in [-0.2, 0) is 4.74 Å². The number of para-hydroxylation sites is 1. The van der Waals surface area contributed by atoms with Gasteiger partial charge in [0.2, 0.25) is 5.52 Å². The summed E-state index contributed by atoms with van der Waals surface area (Å²) in [5.74, 6) is -0.308. The summed E-state index contributed by atoms with van der Waals surface area (Å²) in [5.41, 5.74) is 7.50. The number of carbonyl (C=O) groups excluding carboxylic acids is 1. The zero-order valence-corrected chi connectivity index (χ0v) is 21.4. The summed E-state index contributed by atoms with van der Waals surface area (Å²) in [6, 6.07) is 29.1. The lowest BCUT2D eigenvalue weighted by Crippen LogP contribution is -2.31. The minimum Gasteiger partial charge on any atom is -0.462 e.